The van der Waals surface area contributed by atoms with Crippen LogP contribution in [-0.2, 0) is 7.05 Å². The molecule has 0 atom stereocenters. The predicted octanol–water partition coefficient (Wildman–Crippen LogP) is 1.03. The summed E-state index contributed by atoms with van der Waals surface area (Å²) in [6.45, 7) is -0.406. The highest BCUT2D eigenvalue weighted by atomic mass is 19.4. The van der Waals surface area contributed by atoms with Gasteiger partial charge in [0, 0.05) is 20.6 Å². The summed E-state index contributed by atoms with van der Waals surface area (Å²) in [5, 5.41) is 3.75. The number of rotatable bonds is 3. The van der Waals surface area contributed by atoms with E-state index in [-0.39, 0.29) is 11.4 Å². The van der Waals surface area contributed by atoms with E-state index in [0.29, 0.717) is 0 Å². The molecule has 17 heavy (non-hydrogen) atoms. The number of hydrogen-bond donors (Lipinski definition) is 1. The van der Waals surface area contributed by atoms with Gasteiger partial charge in [0.05, 0.1) is 12.6 Å². The second-order valence-electron chi connectivity index (χ2n) is 3.66. The Morgan fingerprint density at radius 2 is 2.18 bits per heavy atom. The second-order valence-corrected chi connectivity index (χ2v) is 3.66. The molecule has 1 aromatic heterocycles. The summed E-state index contributed by atoms with van der Waals surface area (Å²) in [6, 6.07) is 0. The van der Waals surface area contributed by atoms with Crippen molar-refractivity contribution in [3.8, 4) is 0 Å². The molecule has 1 heterocycles. The molecule has 0 aliphatic rings. The minimum absolute atomic E-state index is 0.108. The molecular formula is C9H13F3N4O. The number of nitrogens with zero attached hydrogens (tertiary/aromatic N) is 3. The van der Waals surface area contributed by atoms with Gasteiger partial charge in [0.1, 0.15) is 11.4 Å². The number of aryl methyl sites for hydroxylation is 1. The van der Waals surface area contributed by atoms with Crippen LogP contribution in [0, 0.1) is 0 Å². The molecular weight excluding hydrogens is 237 g/mol. The van der Waals surface area contributed by atoms with Gasteiger partial charge in [0.15, 0.2) is 0 Å². The van der Waals surface area contributed by atoms with E-state index >= 15 is 0 Å². The zero-order valence-electron chi connectivity index (χ0n) is 9.45. The van der Waals surface area contributed by atoms with Gasteiger partial charge in [0.25, 0.3) is 5.91 Å². The van der Waals surface area contributed by atoms with Gasteiger partial charge in [-0.1, -0.05) is 0 Å². The maximum Gasteiger partial charge on any atom is 0.390 e. The highest BCUT2D eigenvalue weighted by Crippen LogP contribution is 2.20. The van der Waals surface area contributed by atoms with Crippen molar-refractivity contribution in [3.05, 3.63) is 11.8 Å². The zero-order chi connectivity index (χ0) is 13.2. The maximum absolute atomic E-state index is 12.0. The minimum atomic E-state index is -4.28. The molecule has 0 bridgehead atoms. The minimum Gasteiger partial charge on any atom is -0.383 e. The molecule has 0 aromatic carbocycles. The summed E-state index contributed by atoms with van der Waals surface area (Å²) < 4.78 is 37.2. The number of hydrogen-bond acceptors (Lipinski definition) is 3. The fraction of sp³-hybridized carbons (Fsp3) is 0.556. The third-order valence-electron chi connectivity index (χ3n) is 2.29. The second kappa shape index (κ2) is 4.64. The topological polar surface area (TPSA) is 64.2 Å². The summed E-state index contributed by atoms with van der Waals surface area (Å²) in [4.78, 5) is 12.7. The fourth-order valence-electron chi connectivity index (χ4n) is 1.21. The molecule has 8 heteroatoms. The molecule has 0 radical (unpaired) electrons. The van der Waals surface area contributed by atoms with Crippen LogP contribution in [0.25, 0.3) is 0 Å². The Bertz CT molecular complexity index is 413. The monoisotopic (exact) mass is 250 g/mol. The Morgan fingerprint density at radius 1 is 1.59 bits per heavy atom. The number of aromatic nitrogens is 2. The molecule has 0 spiro atoms. The van der Waals surface area contributed by atoms with Crippen molar-refractivity contribution < 1.29 is 18.0 Å². The van der Waals surface area contributed by atoms with E-state index in [0.717, 1.165) is 4.90 Å². The highest BCUT2D eigenvalue weighted by molar-refractivity contribution is 5.98. The summed E-state index contributed by atoms with van der Waals surface area (Å²) in [6.07, 6.45) is -4.09. The average Bonchev–Trinajstić information content (AvgIpc) is 2.54. The number of nitrogen functional groups attached to an aromatic ring is 1. The Balaban J connectivity index is 2.68. The first-order valence-electron chi connectivity index (χ1n) is 4.82. The predicted molar refractivity (Wildman–Crippen MR) is 55.3 cm³/mol. The number of halogens is 3. The summed E-state index contributed by atoms with van der Waals surface area (Å²) in [5.41, 5.74) is 5.66. The van der Waals surface area contributed by atoms with E-state index in [2.05, 4.69) is 5.10 Å². The van der Waals surface area contributed by atoms with E-state index < -0.39 is 25.0 Å². The molecule has 5 nitrogen and oxygen atoms in total. The Morgan fingerprint density at radius 3 is 2.59 bits per heavy atom. The number of nitrogens with two attached hydrogens (primary N) is 1. The van der Waals surface area contributed by atoms with Gasteiger partial charge in [-0.15, -0.1) is 0 Å². The molecule has 0 unspecified atom stereocenters. The van der Waals surface area contributed by atoms with E-state index in [4.69, 9.17) is 5.73 Å². The van der Waals surface area contributed by atoms with Crippen LogP contribution in [0.3, 0.4) is 0 Å². The lowest BCUT2D eigenvalue weighted by Gasteiger charge is -2.17. The molecule has 0 saturated carbocycles. The van der Waals surface area contributed by atoms with Crippen LogP contribution >= 0.6 is 0 Å². The number of carbonyl (C=O) groups is 1. The van der Waals surface area contributed by atoms with Crippen LogP contribution in [0.15, 0.2) is 6.20 Å². The van der Waals surface area contributed by atoms with Crippen molar-refractivity contribution in [1.82, 2.24) is 14.7 Å². The van der Waals surface area contributed by atoms with Gasteiger partial charge < -0.3 is 10.6 Å². The molecule has 0 fully saturated rings. The molecule has 0 aliphatic carbocycles. The molecule has 96 valence electrons. The van der Waals surface area contributed by atoms with Crippen LogP contribution < -0.4 is 5.73 Å². The molecule has 1 aromatic rings. The van der Waals surface area contributed by atoms with Crippen LogP contribution in [0.4, 0.5) is 19.0 Å². The van der Waals surface area contributed by atoms with Crippen LogP contribution in [0.1, 0.15) is 16.8 Å². The van der Waals surface area contributed by atoms with E-state index in [9.17, 15) is 18.0 Å². The van der Waals surface area contributed by atoms with Gasteiger partial charge in [-0.05, 0) is 0 Å². The van der Waals surface area contributed by atoms with Crippen molar-refractivity contribution in [2.75, 3.05) is 19.3 Å². The van der Waals surface area contributed by atoms with Gasteiger partial charge in [0.2, 0.25) is 0 Å². The smallest absolute Gasteiger partial charge is 0.383 e. The molecule has 0 saturated heterocycles. The van der Waals surface area contributed by atoms with Crippen molar-refractivity contribution in [3.63, 3.8) is 0 Å². The first kappa shape index (κ1) is 13.3. The average molecular weight is 250 g/mol. The number of anilines is 1. The normalized spacial score (nSPS) is 11.6. The van der Waals surface area contributed by atoms with Crippen molar-refractivity contribution in [2.24, 2.45) is 7.05 Å². The van der Waals surface area contributed by atoms with Crippen molar-refractivity contribution in [1.29, 1.82) is 0 Å². The third-order valence-corrected chi connectivity index (χ3v) is 2.29. The van der Waals surface area contributed by atoms with E-state index in [1.807, 2.05) is 0 Å². The van der Waals surface area contributed by atoms with E-state index in [1.165, 1.54) is 17.9 Å². The lowest BCUT2D eigenvalue weighted by atomic mass is 10.2. The van der Waals surface area contributed by atoms with Crippen LogP contribution in [0.5, 0.6) is 0 Å². The number of carbonyl (C=O) groups excluding carboxylic acids is 1. The largest absolute Gasteiger partial charge is 0.390 e. The summed E-state index contributed by atoms with van der Waals surface area (Å²) >= 11 is 0. The standard InChI is InChI=1S/C9H13F3N4O/c1-15(4-3-9(10,11)12)8(17)6-5-14-16(2)7(6)13/h5H,3-4,13H2,1-2H3. The molecule has 1 amide bonds. The first-order chi connectivity index (χ1) is 7.72. The Labute approximate surface area is 96.0 Å². The first-order valence-corrected chi connectivity index (χ1v) is 4.82. The number of alkyl halides is 3. The lowest BCUT2D eigenvalue weighted by Crippen LogP contribution is -2.30. The SMILES string of the molecule is CN(CCC(F)(F)F)C(=O)c1cnn(C)c1N. The third kappa shape index (κ3) is 3.36. The van der Waals surface area contributed by atoms with E-state index in [1.54, 1.807) is 7.05 Å². The maximum atomic E-state index is 12.0. The zero-order valence-corrected chi connectivity index (χ0v) is 9.45. The van der Waals surface area contributed by atoms with Crippen LogP contribution in [0.2, 0.25) is 0 Å². The molecule has 0 aliphatic heterocycles. The lowest BCUT2D eigenvalue weighted by molar-refractivity contribution is -0.136. The van der Waals surface area contributed by atoms with Gasteiger partial charge in [-0.3, -0.25) is 9.48 Å². The van der Waals surface area contributed by atoms with Gasteiger partial charge in [-0.2, -0.15) is 18.3 Å². The fourth-order valence-corrected chi connectivity index (χ4v) is 1.21. The Kier molecular flexibility index (Phi) is 3.64. The number of amides is 1. The quantitative estimate of drug-likeness (QED) is 0.871. The van der Waals surface area contributed by atoms with Crippen molar-refractivity contribution in [2.45, 2.75) is 12.6 Å². The highest BCUT2D eigenvalue weighted by Gasteiger charge is 2.28. The van der Waals surface area contributed by atoms with Crippen LogP contribution in [-0.4, -0.2) is 40.4 Å². The summed E-state index contributed by atoms with van der Waals surface area (Å²) in [5.74, 6) is -0.436. The summed E-state index contributed by atoms with van der Waals surface area (Å²) in [7, 11) is 2.84. The van der Waals surface area contributed by atoms with Gasteiger partial charge in [-0.25, -0.2) is 0 Å². The molecule has 2 N–H and O–H groups in total. The Hall–Kier alpha value is -1.73. The molecule has 1 rings (SSSR count). The van der Waals surface area contributed by atoms with Gasteiger partial charge >= 0.3 is 6.18 Å². The van der Waals surface area contributed by atoms with Crippen molar-refractivity contribution >= 4 is 11.7 Å².